The quantitative estimate of drug-likeness (QED) is 0.781. The molecule has 0 fully saturated rings. The van der Waals surface area contributed by atoms with Crippen molar-refractivity contribution in [2.75, 3.05) is 12.3 Å². The van der Waals surface area contributed by atoms with Crippen molar-refractivity contribution in [3.63, 3.8) is 0 Å². The van der Waals surface area contributed by atoms with Gasteiger partial charge in [-0.2, -0.15) is 0 Å². The Balaban J connectivity index is 0.00000289. The highest BCUT2D eigenvalue weighted by Crippen LogP contribution is 2.07. The predicted molar refractivity (Wildman–Crippen MR) is 78.9 cm³/mol. The number of nitrogens with two attached hydrogens (primary N) is 1. The standard InChI is InChI=1S/C14H22N2O.ClH/c1-3-11(4-2)10-16-14(17)9-12-5-7-13(15)8-6-12;/h5-8,11H,3-4,9-10,15H2,1-2H3,(H,16,17);1H. The van der Waals surface area contributed by atoms with Gasteiger partial charge in [0.2, 0.25) is 5.91 Å². The van der Waals surface area contributed by atoms with Gasteiger partial charge in [0.1, 0.15) is 0 Å². The smallest absolute Gasteiger partial charge is 0.224 e. The lowest BCUT2D eigenvalue weighted by molar-refractivity contribution is -0.120. The molecule has 3 nitrogen and oxygen atoms in total. The van der Waals surface area contributed by atoms with Crippen LogP contribution in [0.15, 0.2) is 24.3 Å². The molecule has 0 aliphatic rings. The van der Waals surface area contributed by atoms with Crippen LogP contribution in [0.25, 0.3) is 0 Å². The number of benzene rings is 1. The Kier molecular flexibility index (Phi) is 8.21. The molecule has 0 saturated carbocycles. The topological polar surface area (TPSA) is 55.1 Å². The number of amides is 1. The number of nitrogens with one attached hydrogen (secondary N) is 1. The van der Waals surface area contributed by atoms with Gasteiger partial charge >= 0.3 is 0 Å². The Morgan fingerprint density at radius 1 is 1.22 bits per heavy atom. The summed E-state index contributed by atoms with van der Waals surface area (Å²) in [5.74, 6) is 0.673. The Hall–Kier alpha value is -1.22. The molecule has 1 amide bonds. The van der Waals surface area contributed by atoms with Crippen molar-refractivity contribution in [2.24, 2.45) is 5.92 Å². The molecule has 1 rings (SSSR count). The van der Waals surface area contributed by atoms with Crippen LogP contribution >= 0.6 is 12.4 Å². The van der Waals surface area contributed by atoms with Crippen molar-refractivity contribution >= 4 is 24.0 Å². The molecule has 0 radical (unpaired) electrons. The minimum Gasteiger partial charge on any atom is -0.399 e. The van der Waals surface area contributed by atoms with Gasteiger partial charge in [-0.25, -0.2) is 0 Å². The summed E-state index contributed by atoms with van der Waals surface area (Å²) in [5, 5.41) is 2.98. The predicted octanol–water partition coefficient (Wildman–Crippen LogP) is 2.79. The molecule has 102 valence electrons. The van der Waals surface area contributed by atoms with E-state index >= 15 is 0 Å². The fourth-order valence-electron chi connectivity index (χ4n) is 1.72. The van der Waals surface area contributed by atoms with Crippen LogP contribution in [-0.4, -0.2) is 12.5 Å². The van der Waals surface area contributed by atoms with Crippen LogP contribution in [-0.2, 0) is 11.2 Å². The third kappa shape index (κ3) is 5.92. The van der Waals surface area contributed by atoms with Gasteiger partial charge in [0.15, 0.2) is 0 Å². The van der Waals surface area contributed by atoms with E-state index in [1.54, 1.807) is 0 Å². The molecule has 0 unspecified atom stereocenters. The van der Waals surface area contributed by atoms with E-state index < -0.39 is 0 Å². The van der Waals surface area contributed by atoms with Crippen LogP contribution in [0.5, 0.6) is 0 Å². The summed E-state index contributed by atoms with van der Waals surface area (Å²) in [5.41, 5.74) is 7.32. The fraction of sp³-hybridized carbons (Fsp3) is 0.500. The molecular formula is C14H23ClN2O. The molecule has 0 bridgehead atoms. The van der Waals surface area contributed by atoms with Gasteiger partial charge in [0.05, 0.1) is 6.42 Å². The Morgan fingerprint density at radius 2 is 1.78 bits per heavy atom. The van der Waals surface area contributed by atoms with Crippen LogP contribution in [0.4, 0.5) is 5.69 Å². The summed E-state index contributed by atoms with van der Waals surface area (Å²) in [6.45, 7) is 5.08. The van der Waals surface area contributed by atoms with E-state index in [-0.39, 0.29) is 18.3 Å². The summed E-state index contributed by atoms with van der Waals surface area (Å²) in [4.78, 5) is 11.7. The van der Waals surface area contributed by atoms with Crippen molar-refractivity contribution in [3.8, 4) is 0 Å². The molecule has 1 aromatic carbocycles. The van der Waals surface area contributed by atoms with Gasteiger partial charge in [-0.05, 0) is 23.6 Å². The number of nitrogen functional groups attached to an aromatic ring is 1. The van der Waals surface area contributed by atoms with Crippen molar-refractivity contribution in [2.45, 2.75) is 33.1 Å². The molecule has 3 N–H and O–H groups in total. The van der Waals surface area contributed by atoms with Gasteiger partial charge in [0.25, 0.3) is 0 Å². The number of hydrogen-bond donors (Lipinski definition) is 2. The molecule has 0 saturated heterocycles. The third-order valence-corrected chi connectivity index (χ3v) is 3.09. The molecule has 0 spiro atoms. The highest BCUT2D eigenvalue weighted by Gasteiger charge is 2.07. The van der Waals surface area contributed by atoms with E-state index in [4.69, 9.17) is 5.73 Å². The first-order valence-electron chi connectivity index (χ1n) is 6.26. The number of carbonyl (C=O) groups is 1. The molecule has 4 heteroatoms. The van der Waals surface area contributed by atoms with Gasteiger partial charge in [0, 0.05) is 12.2 Å². The van der Waals surface area contributed by atoms with E-state index in [9.17, 15) is 4.79 Å². The maximum absolute atomic E-state index is 11.7. The lowest BCUT2D eigenvalue weighted by Gasteiger charge is -2.13. The van der Waals surface area contributed by atoms with Crippen LogP contribution in [0.3, 0.4) is 0 Å². The van der Waals surface area contributed by atoms with Crippen molar-refractivity contribution < 1.29 is 4.79 Å². The summed E-state index contributed by atoms with van der Waals surface area (Å²) in [7, 11) is 0. The lowest BCUT2D eigenvalue weighted by atomic mass is 10.0. The second-order valence-electron chi connectivity index (χ2n) is 4.40. The average molecular weight is 271 g/mol. The van der Waals surface area contributed by atoms with Gasteiger partial charge in [-0.3, -0.25) is 4.79 Å². The van der Waals surface area contributed by atoms with E-state index in [0.717, 1.165) is 30.6 Å². The van der Waals surface area contributed by atoms with Crippen LogP contribution < -0.4 is 11.1 Å². The Morgan fingerprint density at radius 3 is 2.28 bits per heavy atom. The molecule has 0 aromatic heterocycles. The zero-order valence-electron chi connectivity index (χ0n) is 11.1. The van der Waals surface area contributed by atoms with Crippen LogP contribution in [0, 0.1) is 5.92 Å². The maximum Gasteiger partial charge on any atom is 0.224 e. The van der Waals surface area contributed by atoms with E-state index in [1.165, 1.54) is 0 Å². The number of hydrogen-bond acceptors (Lipinski definition) is 2. The summed E-state index contributed by atoms with van der Waals surface area (Å²) in [6.07, 6.45) is 2.65. The maximum atomic E-state index is 11.7. The summed E-state index contributed by atoms with van der Waals surface area (Å²) < 4.78 is 0. The molecule has 0 aliphatic heterocycles. The van der Waals surface area contributed by atoms with Gasteiger partial charge < -0.3 is 11.1 Å². The highest BCUT2D eigenvalue weighted by atomic mass is 35.5. The first-order valence-corrected chi connectivity index (χ1v) is 6.26. The molecule has 0 atom stereocenters. The first kappa shape index (κ1) is 16.8. The summed E-state index contributed by atoms with van der Waals surface area (Å²) in [6, 6.07) is 7.44. The molecule has 0 aliphatic carbocycles. The number of rotatable bonds is 6. The minimum absolute atomic E-state index is 0. The SMILES string of the molecule is CCC(CC)CNC(=O)Cc1ccc(N)cc1.Cl. The van der Waals surface area contributed by atoms with Crippen LogP contribution in [0.1, 0.15) is 32.3 Å². The number of halogens is 1. The monoisotopic (exact) mass is 270 g/mol. The largest absolute Gasteiger partial charge is 0.399 e. The van der Waals surface area contributed by atoms with Crippen molar-refractivity contribution in [3.05, 3.63) is 29.8 Å². The number of anilines is 1. The molecule has 0 heterocycles. The zero-order valence-corrected chi connectivity index (χ0v) is 11.9. The van der Waals surface area contributed by atoms with Gasteiger partial charge in [-0.15, -0.1) is 12.4 Å². The third-order valence-electron chi connectivity index (χ3n) is 3.09. The first-order chi connectivity index (χ1) is 8.15. The lowest BCUT2D eigenvalue weighted by Crippen LogP contribution is -2.30. The van der Waals surface area contributed by atoms with Crippen LogP contribution in [0.2, 0.25) is 0 Å². The van der Waals surface area contributed by atoms with E-state index in [1.807, 2.05) is 24.3 Å². The second-order valence-corrected chi connectivity index (χ2v) is 4.40. The van der Waals surface area contributed by atoms with Crippen molar-refractivity contribution in [1.82, 2.24) is 5.32 Å². The average Bonchev–Trinajstić information content (AvgIpc) is 2.33. The second kappa shape index (κ2) is 8.81. The van der Waals surface area contributed by atoms with E-state index in [2.05, 4.69) is 19.2 Å². The molecular weight excluding hydrogens is 248 g/mol. The Labute approximate surface area is 116 Å². The van der Waals surface area contributed by atoms with E-state index in [0.29, 0.717) is 12.3 Å². The zero-order chi connectivity index (χ0) is 12.7. The molecule has 1 aromatic rings. The normalized spacial score (nSPS) is 9.94. The van der Waals surface area contributed by atoms with Crippen molar-refractivity contribution in [1.29, 1.82) is 0 Å². The number of carbonyl (C=O) groups excluding carboxylic acids is 1. The fourth-order valence-corrected chi connectivity index (χ4v) is 1.72. The van der Waals surface area contributed by atoms with Gasteiger partial charge in [-0.1, -0.05) is 38.8 Å². The molecule has 18 heavy (non-hydrogen) atoms. The summed E-state index contributed by atoms with van der Waals surface area (Å²) >= 11 is 0. The highest BCUT2D eigenvalue weighted by molar-refractivity contribution is 5.85. The Bertz CT molecular complexity index is 347. The minimum atomic E-state index is 0.